The van der Waals surface area contributed by atoms with Gasteiger partial charge in [0.15, 0.2) is 5.78 Å². The number of aryl methyl sites for hydroxylation is 2. The van der Waals surface area contributed by atoms with E-state index in [2.05, 4.69) is 10.0 Å². The van der Waals surface area contributed by atoms with Crippen molar-refractivity contribution in [1.82, 2.24) is 0 Å². The Hall–Kier alpha value is -2.67. The first-order chi connectivity index (χ1) is 11.6. The van der Waals surface area contributed by atoms with Gasteiger partial charge in [0, 0.05) is 23.9 Å². The van der Waals surface area contributed by atoms with Crippen LogP contribution in [-0.2, 0) is 14.8 Å². The lowest BCUT2D eigenvalue weighted by Gasteiger charge is -2.15. The maximum atomic E-state index is 12.7. The fraction of sp³-hybridized carbons (Fsp3) is 0.222. The van der Waals surface area contributed by atoms with Gasteiger partial charge in [-0.05, 0) is 68.3 Å². The number of nitrogens with one attached hydrogen (secondary N) is 2. The number of amides is 1. The molecule has 0 aliphatic rings. The molecule has 0 aliphatic heterocycles. The average Bonchev–Trinajstić information content (AvgIpc) is 2.45. The Morgan fingerprint density at radius 1 is 0.880 bits per heavy atom. The van der Waals surface area contributed by atoms with E-state index in [1.807, 2.05) is 0 Å². The predicted molar refractivity (Wildman–Crippen MR) is 97.5 cm³/mol. The molecule has 2 aromatic carbocycles. The molecule has 0 aliphatic carbocycles. The van der Waals surface area contributed by atoms with E-state index < -0.39 is 10.0 Å². The Bertz CT molecular complexity index is 909. The number of Topliss-reactive ketones (excluding diaryl/α,β-unsaturated/α-hetero) is 1. The van der Waals surface area contributed by atoms with Gasteiger partial charge >= 0.3 is 0 Å². The van der Waals surface area contributed by atoms with Crippen LogP contribution in [0.5, 0.6) is 0 Å². The van der Waals surface area contributed by atoms with Crippen LogP contribution in [0.4, 0.5) is 11.4 Å². The number of ketones is 1. The van der Waals surface area contributed by atoms with E-state index in [9.17, 15) is 18.0 Å². The Kier molecular flexibility index (Phi) is 5.27. The second kappa shape index (κ2) is 7.06. The second-order valence-electron chi connectivity index (χ2n) is 5.86. The van der Waals surface area contributed by atoms with Crippen LogP contribution < -0.4 is 10.0 Å². The van der Waals surface area contributed by atoms with Crippen LogP contribution >= 0.6 is 0 Å². The van der Waals surface area contributed by atoms with Crippen molar-refractivity contribution in [3.05, 3.63) is 53.1 Å². The molecule has 0 unspecified atom stereocenters. The lowest BCUT2D eigenvalue weighted by atomic mass is 10.1. The van der Waals surface area contributed by atoms with E-state index in [-0.39, 0.29) is 16.6 Å². The van der Waals surface area contributed by atoms with E-state index in [1.165, 1.54) is 13.8 Å². The summed E-state index contributed by atoms with van der Waals surface area (Å²) in [6, 6.07) is 9.46. The van der Waals surface area contributed by atoms with E-state index in [0.717, 1.165) is 0 Å². The van der Waals surface area contributed by atoms with Gasteiger partial charge in [-0.2, -0.15) is 0 Å². The molecule has 0 fully saturated rings. The summed E-state index contributed by atoms with van der Waals surface area (Å²) in [5.41, 5.74) is 2.48. The van der Waals surface area contributed by atoms with Gasteiger partial charge in [0.05, 0.1) is 4.90 Å². The lowest BCUT2D eigenvalue weighted by Crippen LogP contribution is -2.16. The molecule has 2 aromatic rings. The van der Waals surface area contributed by atoms with Crippen LogP contribution in [0, 0.1) is 13.8 Å². The zero-order valence-electron chi connectivity index (χ0n) is 14.5. The Morgan fingerprint density at radius 3 is 1.84 bits per heavy atom. The highest BCUT2D eigenvalue weighted by Crippen LogP contribution is 2.26. The normalized spacial score (nSPS) is 11.0. The van der Waals surface area contributed by atoms with Gasteiger partial charge < -0.3 is 5.32 Å². The second-order valence-corrected chi connectivity index (χ2v) is 7.48. The van der Waals surface area contributed by atoms with Crippen LogP contribution in [0.2, 0.25) is 0 Å². The minimum atomic E-state index is -3.80. The first kappa shape index (κ1) is 18.7. The molecule has 0 saturated carbocycles. The summed E-state index contributed by atoms with van der Waals surface area (Å²) in [5.74, 6) is -0.312. The maximum absolute atomic E-state index is 12.7. The molecule has 25 heavy (non-hydrogen) atoms. The van der Waals surface area contributed by atoms with Crippen molar-refractivity contribution in [1.29, 1.82) is 0 Å². The highest BCUT2D eigenvalue weighted by Gasteiger charge is 2.20. The zero-order chi connectivity index (χ0) is 18.8. The van der Waals surface area contributed by atoms with Crippen molar-refractivity contribution in [2.75, 3.05) is 10.0 Å². The quantitative estimate of drug-likeness (QED) is 0.801. The topological polar surface area (TPSA) is 92.3 Å². The lowest BCUT2D eigenvalue weighted by molar-refractivity contribution is -0.114. The Balaban J connectivity index is 2.36. The fourth-order valence-corrected chi connectivity index (χ4v) is 4.14. The Labute approximate surface area is 147 Å². The summed E-state index contributed by atoms with van der Waals surface area (Å²) < 4.78 is 28.0. The van der Waals surface area contributed by atoms with E-state index >= 15 is 0 Å². The van der Waals surface area contributed by atoms with Crippen molar-refractivity contribution >= 4 is 33.1 Å². The number of anilines is 2. The minimum absolute atomic E-state index is 0.0883. The third-order valence-electron chi connectivity index (χ3n) is 3.59. The van der Waals surface area contributed by atoms with Crippen LogP contribution in [0.3, 0.4) is 0 Å². The monoisotopic (exact) mass is 360 g/mol. The number of rotatable bonds is 5. The zero-order valence-corrected chi connectivity index (χ0v) is 15.3. The number of carbonyl (C=O) groups is 2. The van der Waals surface area contributed by atoms with Crippen LogP contribution in [0.25, 0.3) is 0 Å². The smallest absolute Gasteiger partial charge is 0.262 e. The molecule has 2 N–H and O–H groups in total. The summed E-state index contributed by atoms with van der Waals surface area (Å²) in [5, 5.41) is 2.65. The van der Waals surface area contributed by atoms with Gasteiger partial charge in [-0.1, -0.05) is 0 Å². The molecule has 0 spiro atoms. The first-order valence-corrected chi connectivity index (χ1v) is 9.11. The SMILES string of the molecule is CC(=O)Nc1cc(C)c(S(=O)(=O)Nc2ccc(C(C)=O)cc2)c(C)c1. The standard InChI is InChI=1S/C18H20N2O4S/c1-11-9-17(19-14(4)22)10-12(2)18(11)25(23,24)20-16-7-5-15(6-8-16)13(3)21/h5-10,20H,1-4H3,(H,19,22). The van der Waals surface area contributed by atoms with E-state index in [1.54, 1.807) is 50.2 Å². The molecular formula is C18H20N2O4S. The molecule has 132 valence electrons. The van der Waals surface area contributed by atoms with Crippen LogP contribution in [-0.4, -0.2) is 20.1 Å². The van der Waals surface area contributed by atoms with Gasteiger partial charge in [0.25, 0.3) is 10.0 Å². The molecule has 0 bridgehead atoms. The molecule has 7 heteroatoms. The fourth-order valence-electron chi connectivity index (χ4n) is 2.63. The third kappa shape index (κ3) is 4.45. The first-order valence-electron chi connectivity index (χ1n) is 7.63. The number of hydrogen-bond donors (Lipinski definition) is 2. The number of carbonyl (C=O) groups excluding carboxylic acids is 2. The van der Waals surface area contributed by atoms with Gasteiger partial charge in [-0.25, -0.2) is 8.42 Å². The molecular weight excluding hydrogens is 340 g/mol. The molecule has 2 rings (SSSR count). The van der Waals surface area contributed by atoms with Gasteiger partial charge in [-0.15, -0.1) is 0 Å². The molecule has 1 amide bonds. The summed E-state index contributed by atoms with van der Waals surface area (Å²) in [4.78, 5) is 22.6. The number of sulfonamides is 1. The average molecular weight is 360 g/mol. The molecule has 0 atom stereocenters. The van der Waals surface area contributed by atoms with Gasteiger partial charge in [0.2, 0.25) is 5.91 Å². The van der Waals surface area contributed by atoms with Crippen LogP contribution in [0.15, 0.2) is 41.3 Å². The van der Waals surface area contributed by atoms with Crippen molar-refractivity contribution in [3.63, 3.8) is 0 Å². The van der Waals surface area contributed by atoms with Crippen molar-refractivity contribution in [2.45, 2.75) is 32.6 Å². The summed E-state index contributed by atoms with van der Waals surface area (Å²) >= 11 is 0. The summed E-state index contributed by atoms with van der Waals surface area (Å²) in [7, 11) is -3.80. The highest BCUT2D eigenvalue weighted by molar-refractivity contribution is 7.92. The van der Waals surface area contributed by atoms with Crippen LogP contribution in [0.1, 0.15) is 35.3 Å². The maximum Gasteiger partial charge on any atom is 0.262 e. The summed E-state index contributed by atoms with van der Waals surface area (Å²) in [6.07, 6.45) is 0. The number of benzene rings is 2. The molecule has 0 heterocycles. The van der Waals surface area contributed by atoms with Crippen molar-refractivity contribution in [2.24, 2.45) is 0 Å². The highest BCUT2D eigenvalue weighted by atomic mass is 32.2. The minimum Gasteiger partial charge on any atom is -0.326 e. The van der Waals surface area contributed by atoms with Crippen molar-refractivity contribution in [3.8, 4) is 0 Å². The summed E-state index contributed by atoms with van der Waals surface area (Å²) in [6.45, 7) is 6.18. The van der Waals surface area contributed by atoms with Gasteiger partial charge in [0.1, 0.15) is 0 Å². The van der Waals surface area contributed by atoms with E-state index in [4.69, 9.17) is 0 Å². The predicted octanol–water partition coefficient (Wildman–Crippen LogP) is 3.27. The molecule has 0 aromatic heterocycles. The number of hydrogen-bond acceptors (Lipinski definition) is 4. The molecule has 0 saturated heterocycles. The Morgan fingerprint density at radius 2 is 1.40 bits per heavy atom. The molecule has 0 radical (unpaired) electrons. The molecule has 6 nitrogen and oxygen atoms in total. The van der Waals surface area contributed by atoms with E-state index in [0.29, 0.717) is 28.1 Å². The third-order valence-corrected chi connectivity index (χ3v) is 5.28. The van der Waals surface area contributed by atoms with Crippen molar-refractivity contribution < 1.29 is 18.0 Å². The largest absolute Gasteiger partial charge is 0.326 e. The van der Waals surface area contributed by atoms with Gasteiger partial charge in [-0.3, -0.25) is 14.3 Å².